The van der Waals surface area contributed by atoms with Crippen LogP contribution in [0, 0.1) is 13.8 Å². The molecule has 0 N–H and O–H groups in total. The van der Waals surface area contributed by atoms with Crippen molar-refractivity contribution in [1.29, 1.82) is 0 Å². The predicted octanol–water partition coefficient (Wildman–Crippen LogP) is 2.93. The lowest BCUT2D eigenvalue weighted by atomic mass is 10.1. The van der Waals surface area contributed by atoms with Gasteiger partial charge in [0, 0.05) is 10.0 Å². The van der Waals surface area contributed by atoms with E-state index in [9.17, 15) is 4.79 Å². The molecule has 82 valence electrons. The first-order valence-corrected chi connectivity index (χ1v) is 5.47. The highest BCUT2D eigenvalue weighted by atomic mass is 79.9. The Kier molecular flexibility index (Phi) is 2.87. The zero-order valence-electron chi connectivity index (χ0n) is 8.82. The van der Waals surface area contributed by atoms with Crippen molar-refractivity contribution < 1.29 is 9.32 Å². The summed E-state index contributed by atoms with van der Waals surface area (Å²) < 4.78 is 5.80. The number of nitrogens with zero attached hydrogens (tertiary/aromatic N) is 2. The molecule has 0 radical (unpaired) electrons. The van der Waals surface area contributed by atoms with Crippen LogP contribution in [0.5, 0.6) is 0 Å². The van der Waals surface area contributed by atoms with Crippen LogP contribution in [-0.2, 0) is 0 Å². The maximum absolute atomic E-state index is 10.4. The highest BCUT2D eigenvalue weighted by molar-refractivity contribution is 9.10. The lowest BCUT2D eigenvalue weighted by Crippen LogP contribution is -1.87. The summed E-state index contributed by atoms with van der Waals surface area (Å²) in [5.74, 6) is 0.425. The highest BCUT2D eigenvalue weighted by Gasteiger charge is 2.10. The number of hydrogen-bond acceptors (Lipinski definition) is 4. The number of carbonyl (C=O) groups is 1. The molecular formula is C11H9BrN2O2. The summed E-state index contributed by atoms with van der Waals surface area (Å²) in [7, 11) is 0. The van der Waals surface area contributed by atoms with Crippen LogP contribution in [0.15, 0.2) is 21.1 Å². The van der Waals surface area contributed by atoms with E-state index >= 15 is 0 Å². The summed E-state index contributed by atoms with van der Waals surface area (Å²) in [6.45, 7) is 3.97. The normalized spacial score (nSPS) is 10.4. The van der Waals surface area contributed by atoms with Crippen molar-refractivity contribution in [1.82, 2.24) is 10.1 Å². The van der Waals surface area contributed by atoms with Gasteiger partial charge in [0.2, 0.25) is 12.1 Å². The summed E-state index contributed by atoms with van der Waals surface area (Å²) in [6, 6.07) is 3.88. The SMILES string of the molecule is Cc1cc(-c2noc(C=O)n2)cc(C)c1Br. The number of carbonyl (C=O) groups excluding carboxylic acids is 1. The predicted molar refractivity (Wildman–Crippen MR) is 62.3 cm³/mol. The molecule has 0 amide bonds. The number of aldehydes is 1. The summed E-state index contributed by atoms with van der Waals surface area (Å²) in [6.07, 6.45) is 0.537. The van der Waals surface area contributed by atoms with E-state index in [4.69, 9.17) is 4.52 Å². The minimum atomic E-state index is -0.00627. The smallest absolute Gasteiger partial charge is 0.291 e. The second-order valence-corrected chi connectivity index (χ2v) is 4.29. The van der Waals surface area contributed by atoms with Crippen molar-refractivity contribution in [3.63, 3.8) is 0 Å². The molecule has 0 spiro atoms. The van der Waals surface area contributed by atoms with E-state index in [1.807, 2.05) is 26.0 Å². The number of benzene rings is 1. The molecule has 0 aliphatic heterocycles. The first-order chi connectivity index (χ1) is 7.61. The monoisotopic (exact) mass is 280 g/mol. The third-order valence-corrected chi connectivity index (χ3v) is 3.49. The third kappa shape index (κ3) is 1.90. The van der Waals surface area contributed by atoms with Gasteiger partial charge in [0.1, 0.15) is 0 Å². The molecule has 0 atom stereocenters. The van der Waals surface area contributed by atoms with E-state index in [2.05, 4.69) is 26.1 Å². The van der Waals surface area contributed by atoms with E-state index in [0.29, 0.717) is 12.1 Å². The molecule has 16 heavy (non-hydrogen) atoms. The molecule has 2 aromatic rings. The lowest BCUT2D eigenvalue weighted by molar-refractivity contribution is 0.108. The Morgan fingerprint density at radius 1 is 1.31 bits per heavy atom. The van der Waals surface area contributed by atoms with Gasteiger partial charge >= 0.3 is 0 Å². The quantitative estimate of drug-likeness (QED) is 0.794. The lowest BCUT2D eigenvalue weighted by Gasteiger charge is -2.04. The largest absolute Gasteiger partial charge is 0.331 e. The molecule has 2 rings (SSSR count). The van der Waals surface area contributed by atoms with Crippen LogP contribution in [0.1, 0.15) is 21.8 Å². The Morgan fingerprint density at radius 3 is 2.44 bits per heavy atom. The van der Waals surface area contributed by atoms with Gasteiger partial charge in [-0.1, -0.05) is 21.1 Å². The Morgan fingerprint density at radius 2 is 1.94 bits per heavy atom. The second-order valence-electron chi connectivity index (χ2n) is 3.50. The Bertz CT molecular complexity index is 526. The van der Waals surface area contributed by atoms with Crippen molar-refractivity contribution in [2.75, 3.05) is 0 Å². The number of hydrogen-bond donors (Lipinski definition) is 0. The van der Waals surface area contributed by atoms with E-state index < -0.39 is 0 Å². The molecule has 1 heterocycles. The fourth-order valence-corrected chi connectivity index (χ4v) is 1.70. The summed E-state index contributed by atoms with van der Waals surface area (Å²) >= 11 is 3.48. The Labute approximate surface area is 101 Å². The van der Waals surface area contributed by atoms with Crippen molar-refractivity contribution in [2.24, 2.45) is 0 Å². The van der Waals surface area contributed by atoms with E-state index in [-0.39, 0.29) is 5.89 Å². The summed E-state index contributed by atoms with van der Waals surface area (Å²) in [5.41, 5.74) is 3.02. The van der Waals surface area contributed by atoms with Gasteiger partial charge in [-0.15, -0.1) is 0 Å². The number of aromatic nitrogens is 2. The van der Waals surface area contributed by atoms with Gasteiger partial charge in [-0.3, -0.25) is 4.79 Å². The molecule has 0 aliphatic carbocycles. The summed E-state index contributed by atoms with van der Waals surface area (Å²) in [4.78, 5) is 14.4. The zero-order chi connectivity index (χ0) is 11.7. The molecule has 0 saturated heterocycles. The number of aryl methyl sites for hydroxylation is 2. The van der Waals surface area contributed by atoms with E-state index in [0.717, 1.165) is 21.2 Å². The molecule has 0 aliphatic rings. The third-order valence-electron chi connectivity index (χ3n) is 2.24. The molecule has 1 aromatic heterocycles. The van der Waals surface area contributed by atoms with Crippen LogP contribution in [0.4, 0.5) is 0 Å². The van der Waals surface area contributed by atoms with E-state index in [1.54, 1.807) is 0 Å². The summed E-state index contributed by atoms with van der Waals surface area (Å²) in [5, 5.41) is 3.74. The van der Waals surface area contributed by atoms with Gasteiger partial charge < -0.3 is 4.52 Å². The van der Waals surface area contributed by atoms with Crippen LogP contribution < -0.4 is 0 Å². The standard InChI is InChI=1S/C11H9BrN2O2/c1-6-3-8(4-7(2)10(6)12)11-13-9(5-15)16-14-11/h3-5H,1-2H3. The van der Waals surface area contributed by atoms with Crippen molar-refractivity contribution in [2.45, 2.75) is 13.8 Å². The van der Waals surface area contributed by atoms with Gasteiger partial charge in [0.25, 0.3) is 5.89 Å². The number of rotatable bonds is 2. The van der Waals surface area contributed by atoms with Crippen LogP contribution in [0.25, 0.3) is 11.4 Å². The van der Waals surface area contributed by atoms with Gasteiger partial charge in [0.15, 0.2) is 0 Å². The first kappa shape index (κ1) is 11.0. The van der Waals surface area contributed by atoms with Crippen LogP contribution in [0.2, 0.25) is 0 Å². The van der Waals surface area contributed by atoms with Crippen molar-refractivity contribution in [3.05, 3.63) is 33.6 Å². The molecule has 4 nitrogen and oxygen atoms in total. The first-order valence-electron chi connectivity index (χ1n) is 4.68. The molecule has 0 saturated carbocycles. The minimum Gasteiger partial charge on any atom is -0.331 e. The van der Waals surface area contributed by atoms with Gasteiger partial charge in [-0.2, -0.15) is 4.98 Å². The maximum atomic E-state index is 10.4. The maximum Gasteiger partial charge on any atom is 0.291 e. The fraction of sp³-hybridized carbons (Fsp3) is 0.182. The second kappa shape index (κ2) is 4.17. The molecule has 0 fully saturated rings. The fourth-order valence-electron chi connectivity index (χ4n) is 1.48. The van der Waals surface area contributed by atoms with Crippen molar-refractivity contribution in [3.8, 4) is 11.4 Å². The topological polar surface area (TPSA) is 56.0 Å². The average Bonchev–Trinajstić information content (AvgIpc) is 2.73. The zero-order valence-corrected chi connectivity index (χ0v) is 10.4. The van der Waals surface area contributed by atoms with Gasteiger partial charge in [-0.05, 0) is 37.1 Å². The minimum absolute atomic E-state index is 0.00627. The molecule has 1 aromatic carbocycles. The molecule has 5 heteroatoms. The van der Waals surface area contributed by atoms with Crippen molar-refractivity contribution >= 4 is 22.2 Å². The average molecular weight is 281 g/mol. The van der Waals surface area contributed by atoms with E-state index in [1.165, 1.54) is 0 Å². The van der Waals surface area contributed by atoms with Crippen LogP contribution >= 0.6 is 15.9 Å². The van der Waals surface area contributed by atoms with Crippen LogP contribution in [0.3, 0.4) is 0 Å². The Hall–Kier alpha value is -1.49. The van der Waals surface area contributed by atoms with Gasteiger partial charge in [0.05, 0.1) is 0 Å². The number of halogens is 1. The molecule has 0 unspecified atom stereocenters. The Balaban J connectivity index is 2.52. The highest BCUT2D eigenvalue weighted by Crippen LogP contribution is 2.26. The van der Waals surface area contributed by atoms with Gasteiger partial charge in [-0.25, -0.2) is 0 Å². The van der Waals surface area contributed by atoms with Crippen LogP contribution in [-0.4, -0.2) is 16.4 Å². The molecule has 0 bridgehead atoms. The molecular weight excluding hydrogens is 272 g/mol.